The van der Waals surface area contributed by atoms with Crippen LogP contribution >= 0.6 is 0 Å². The maximum atomic E-state index is 11.8. The van der Waals surface area contributed by atoms with Crippen LogP contribution in [0, 0.1) is 0 Å². The van der Waals surface area contributed by atoms with Crippen molar-refractivity contribution < 1.29 is 9.53 Å². The second-order valence-corrected chi connectivity index (χ2v) is 5.37. The van der Waals surface area contributed by atoms with Gasteiger partial charge in [0.2, 0.25) is 5.91 Å². The molecule has 0 aromatic heterocycles. The first-order chi connectivity index (χ1) is 10.2. The minimum Gasteiger partial charge on any atom is -0.491 e. The normalized spacial score (nSPS) is 18.6. The monoisotopic (exact) mass is 291 g/mol. The molecule has 1 saturated heterocycles. The zero-order chi connectivity index (χ0) is 15.1. The summed E-state index contributed by atoms with van der Waals surface area (Å²) in [5.41, 5.74) is 6.38. The molecule has 1 unspecified atom stereocenters. The van der Waals surface area contributed by atoms with Gasteiger partial charge >= 0.3 is 0 Å². The van der Waals surface area contributed by atoms with E-state index in [1.165, 1.54) is 12.8 Å². The van der Waals surface area contributed by atoms with Crippen molar-refractivity contribution in [2.24, 2.45) is 0 Å². The topological polar surface area (TPSA) is 67.6 Å². The molecule has 3 N–H and O–H groups in total. The fourth-order valence-electron chi connectivity index (χ4n) is 2.73. The molecule has 0 saturated carbocycles. The lowest BCUT2D eigenvalue weighted by Gasteiger charge is -2.22. The largest absolute Gasteiger partial charge is 0.491 e. The third kappa shape index (κ3) is 4.63. The smallest absolute Gasteiger partial charge is 0.223 e. The highest BCUT2D eigenvalue weighted by atomic mass is 16.5. The fourth-order valence-corrected chi connectivity index (χ4v) is 2.73. The van der Waals surface area contributed by atoms with E-state index in [9.17, 15) is 4.79 Å². The Hall–Kier alpha value is -1.75. The van der Waals surface area contributed by atoms with Gasteiger partial charge in [-0.05, 0) is 38.1 Å². The number of hydrogen-bond acceptors (Lipinski definition) is 4. The van der Waals surface area contributed by atoms with E-state index < -0.39 is 0 Å². The number of nitrogens with zero attached hydrogens (tertiary/aromatic N) is 1. The van der Waals surface area contributed by atoms with Gasteiger partial charge in [-0.2, -0.15) is 0 Å². The maximum Gasteiger partial charge on any atom is 0.223 e. The van der Waals surface area contributed by atoms with E-state index in [1.807, 2.05) is 18.2 Å². The quantitative estimate of drug-likeness (QED) is 0.749. The third-order valence-electron chi connectivity index (χ3n) is 3.95. The summed E-state index contributed by atoms with van der Waals surface area (Å²) in [4.78, 5) is 14.2. The summed E-state index contributed by atoms with van der Waals surface area (Å²) in [5.74, 6) is 0.672. The van der Waals surface area contributed by atoms with Gasteiger partial charge in [-0.25, -0.2) is 0 Å². The molecule has 0 aliphatic carbocycles. The van der Waals surface area contributed by atoms with Crippen molar-refractivity contribution in [2.75, 3.05) is 32.0 Å². The SMILES string of the molecule is CCN1CCCC1CNC(=O)CCOc1ccccc1N. The molecule has 1 aromatic carbocycles. The molecule has 2 rings (SSSR count). The average Bonchev–Trinajstić information content (AvgIpc) is 2.94. The van der Waals surface area contributed by atoms with Crippen LogP contribution in [0.1, 0.15) is 26.2 Å². The molecule has 0 bridgehead atoms. The first-order valence-corrected chi connectivity index (χ1v) is 7.68. The molecule has 1 aliphatic rings. The Balaban J connectivity index is 1.65. The highest BCUT2D eigenvalue weighted by Gasteiger charge is 2.22. The number of nitrogen functional groups attached to an aromatic ring is 1. The van der Waals surface area contributed by atoms with Gasteiger partial charge in [0.15, 0.2) is 0 Å². The van der Waals surface area contributed by atoms with Gasteiger partial charge in [-0.1, -0.05) is 19.1 Å². The van der Waals surface area contributed by atoms with E-state index in [1.54, 1.807) is 6.07 Å². The van der Waals surface area contributed by atoms with Crippen LogP contribution in [-0.4, -0.2) is 43.1 Å². The van der Waals surface area contributed by atoms with E-state index in [0.717, 1.165) is 19.6 Å². The first-order valence-electron chi connectivity index (χ1n) is 7.68. The predicted octanol–water partition coefficient (Wildman–Crippen LogP) is 1.64. The molecule has 0 radical (unpaired) electrons. The van der Waals surface area contributed by atoms with Crippen LogP contribution in [0.5, 0.6) is 5.75 Å². The Bertz CT molecular complexity index is 465. The molecule has 1 aliphatic heterocycles. The maximum absolute atomic E-state index is 11.8. The average molecular weight is 291 g/mol. The van der Waals surface area contributed by atoms with E-state index in [0.29, 0.717) is 30.5 Å². The van der Waals surface area contributed by atoms with Crippen LogP contribution in [-0.2, 0) is 4.79 Å². The van der Waals surface area contributed by atoms with Crippen molar-refractivity contribution in [1.29, 1.82) is 0 Å². The van der Waals surface area contributed by atoms with Crippen LogP contribution in [0.2, 0.25) is 0 Å². The molecule has 5 nitrogen and oxygen atoms in total. The number of anilines is 1. The molecule has 1 amide bonds. The van der Waals surface area contributed by atoms with Crippen LogP contribution in [0.4, 0.5) is 5.69 Å². The van der Waals surface area contributed by atoms with Crippen LogP contribution in [0.3, 0.4) is 0 Å². The number of ether oxygens (including phenoxy) is 1. The number of likely N-dealkylation sites (N-methyl/N-ethyl adjacent to an activating group) is 1. The van der Waals surface area contributed by atoms with E-state index in [4.69, 9.17) is 10.5 Å². The second-order valence-electron chi connectivity index (χ2n) is 5.37. The lowest BCUT2D eigenvalue weighted by molar-refractivity contribution is -0.121. The van der Waals surface area contributed by atoms with E-state index in [2.05, 4.69) is 17.1 Å². The van der Waals surface area contributed by atoms with Crippen LogP contribution in [0.25, 0.3) is 0 Å². The molecule has 21 heavy (non-hydrogen) atoms. The molecular formula is C16H25N3O2. The van der Waals surface area contributed by atoms with Crippen molar-refractivity contribution >= 4 is 11.6 Å². The lowest BCUT2D eigenvalue weighted by Crippen LogP contribution is -2.40. The Labute approximate surface area is 126 Å². The second kappa shape index (κ2) is 7.88. The predicted molar refractivity (Wildman–Crippen MR) is 84.2 cm³/mol. The lowest BCUT2D eigenvalue weighted by atomic mass is 10.2. The molecule has 1 atom stereocenters. The van der Waals surface area contributed by atoms with Gasteiger partial charge in [0.25, 0.3) is 0 Å². The van der Waals surface area contributed by atoms with Gasteiger partial charge in [-0.15, -0.1) is 0 Å². The van der Waals surface area contributed by atoms with Crippen molar-refractivity contribution in [3.05, 3.63) is 24.3 Å². The van der Waals surface area contributed by atoms with Crippen molar-refractivity contribution in [2.45, 2.75) is 32.2 Å². The Morgan fingerprint density at radius 3 is 3.05 bits per heavy atom. The first kappa shape index (κ1) is 15.6. The summed E-state index contributed by atoms with van der Waals surface area (Å²) < 4.78 is 5.53. The van der Waals surface area contributed by atoms with Crippen molar-refractivity contribution in [3.63, 3.8) is 0 Å². The number of nitrogens with two attached hydrogens (primary N) is 1. The number of hydrogen-bond donors (Lipinski definition) is 2. The number of carbonyl (C=O) groups excluding carboxylic acids is 1. The van der Waals surface area contributed by atoms with E-state index in [-0.39, 0.29) is 5.91 Å². The van der Waals surface area contributed by atoms with Crippen molar-refractivity contribution in [3.8, 4) is 5.75 Å². The van der Waals surface area contributed by atoms with Gasteiger partial charge in [0, 0.05) is 12.6 Å². The van der Waals surface area contributed by atoms with Gasteiger partial charge in [0.05, 0.1) is 18.7 Å². The Morgan fingerprint density at radius 1 is 1.48 bits per heavy atom. The molecule has 0 spiro atoms. The molecule has 1 fully saturated rings. The molecule has 1 heterocycles. The minimum atomic E-state index is 0.0347. The highest BCUT2D eigenvalue weighted by molar-refractivity contribution is 5.76. The standard InChI is InChI=1S/C16H25N3O2/c1-2-19-10-5-6-13(19)12-18-16(20)9-11-21-15-8-4-3-7-14(15)17/h3-4,7-8,13H,2,5-6,9-12,17H2,1H3,(H,18,20). The molecule has 1 aromatic rings. The summed E-state index contributed by atoms with van der Waals surface area (Å²) in [6.07, 6.45) is 2.75. The van der Waals surface area contributed by atoms with Crippen LogP contribution in [0.15, 0.2) is 24.3 Å². The minimum absolute atomic E-state index is 0.0347. The molecule has 5 heteroatoms. The summed E-state index contributed by atoms with van der Waals surface area (Å²) >= 11 is 0. The summed E-state index contributed by atoms with van der Waals surface area (Å²) in [6.45, 7) is 5.45. The number of benzene rings is 1. The number of carbonyl (C=O) groups is 1. The number of amides is 1. The summed E-state index contributed by atoms with van der Waals surface area (Å²) in [5, 5.41) is 3.00. The fraction of sp³-hybridized carbons (Fsp3) is 0.562. The summed E-state index contributed by atoms with van der Waals surface area (Å²) in [6, 6.07) is 7.81. The third-order valence-corrected chi connectivity index (χ3v) is 3.95. The van der Waals surface area contributed by atoms with Crippen LogP contribution < -0.4 is 15.8 Å². The van der Waals surface area contributed by atoms with Gasteiger partial charge in [-0.3, -0.25) is 9.69 Å². The zero-order valence-corrected chi connectivity index (χ0v) is 12.7. The number of para-hydroxylation sites is 2. The number of likely N-dealkylation sites (tertiary alicyclic amines) is 1. The highest BCUT2D eigenvalue weighted by Crippen LogP contribution is 2.19. The number of nitrogens with one attached hydrogen (secondary N) is 1. The number of rotatable bonds is 7. The van der Waals surface area contributed by atoms with Gasteiger partial charge in [0.1, 0.15) is 5.75 Å². The Kier molecular flexibility index (Phi) is 5.87. The summed E-state index contributed by atoms with van der Waals surface area (Å²) in [7, 11) is 0. The molecule has 116 valence electrons. The molecular weight excluding hydrogens is 266 g/mol. The zero-order valence-electron chi connectivity index (χ0n) is 12.7. The van der Waals surface area contributed by atoms with E-state index >= 15 is 0 Å². The van der Waals surface area contributed by atoms with Crippen molar-refractivity contribution in [1.82, 2.24) is 10.2 Å². The van der Waals surface area contributed by atoms with Gasteiger partial charge < -0.3 is 15.8 Å². The Morgan fingerprint density at radius 2 is 2.29 bits per heavy atom.